The summed E-state index contributed by atoms with van der Waals surface area (Å²) in [5.41, 5.74) is 10.9. The SMILES string of the molecule is N#Cc1ccc2c(c1)-c1ccccc1C2(c1ccccc1)c1ccc2c(c1)c1ccccc1n2-c1ccccc1. The van der Waals surface area contributed by atoms with Crippen molar-refractivity contribution in [1.29, 1.82) is 5.26 Å². The van der Waals surface area contributed by atoms with Crippen LogP contribution in [-0.2, 0) is 5.41 Å². The predicted molar refractivity (Wildman–Crippen MR) is 163 cm³/mol. The summed E-state index contributed by atoms with van der Waals surface area (Å²) in [6, 6.07) is 54.3. The third-order valence-corrected chi connectivity index (χ3v) is 8.50. The van der Waals surface area contributed by atoms with E-state index in [9.17, 15) is 5.26 Å². The Bertz CT molecular complexity index is 2110. The van der Waals surface area contributed by atoms with Crippen molar-refractivity contribution in [3.63, 3.8) is 0 Å². The van der Waals surface area contributed by atoms with Crippen molar-refractivity contribution in [3.05, 3.63) is 173 Å². The lowest BCUT2D eigenvalue weighted by Crippen LogP contribution is -2.28. The lowest BCUT2D eigenvalue weighted by molar-refractivity contribution is 0.770. The lowest BCUT2D eigenvalue weighted by Gasteiger charge is -2.34. The molecule has 0 saturated heterocycles. The van der Waals surface area contributed by atoms with Crippen LogP contribution in [0.25, 0.3) is 38.6 Å². The molecule has 0 spiro atoms. The number of fused-ring (bicyclic) bond motifs is 6. The number of benzene rings is 6. The number of rotatable bonds is 3. The van der Waals surface area contributed by atoms with Crippen LogP contribution in [0.1, 0.15) is 27.8 Å². The van der Waals surface area contributed by atoms with Gasteiger partial charge in [-0.3, -0.25) is 0 Å². The summed E-state index contributed by atoms with van der Waals surface area (Å²) in [4.78, 5) is 0. The molecule has 8 rings (SSSR count). The maximum Gasteiger partial charge on any atom is 0.0991 e. The van der Waals surface area contributed by atoms with Crippen LogP contribution in [0.15, 0.2) is 146 Å². The first-order valence-electron chi connectivity index (χ1n) is 13.6. The number of nitrogens with zero attached hydrogens (tertiary/aromatic N) is 2. The summed E-state index contributed by atoms with van der Waals surface area (Å²) in [6.07, 6.45) is 0. The molecule has 0 fully saturated rings. The summed E-state index contributed by atoms with van der Waals surface area (Å²) in [5, 5.41) is 12.2. The first-order chi connectivity index (χ1) is 19.8. The normalized spacial score (nSPS) is 15.6. The van der Waals surface area contributed by atoms with Crippen LogP contribution >= 0.6 is 0 Å². The highest BCUT2D eigenvalue weighted by molar-refractivity contribution is 6.09. The number of nitriles is 1. The maximum absolute atomic E-state index is 9.74. The Labute approximate surface area is 233 Å². The fraction of sp³-hybridized carbons (Fsp3) is 0.0263. The third kappa shape index (κ3) is 2.98. The van der Waals surface area contributed by atoms with Gasteiger partial charge in [0.15, 0.2) is 0 Å². The summed E-state index contributed by atoms with van der Waals surface area (Å²) >= 11 is 0. The Hall–Kier alpha value is -5.39. The van der Waals surface area contributed by atoms with Gasteiger partial charge in [0, 0.05) is 16.5 Å². The van der Waals surface area contributed by atoms with Crippen molar-refractivity contribution in [1.82, 2.24) is 4.57 Å². The molecule has 1 aliphatic carbocycles. The van der Waals surface area contributed by atoms with Gasteiger partial charge >= 0.3 is 0 Å². The van der Waals surface area contributed by atoms with E-state index in [1.165, 1.54) is 49.6 Å². The molecule has 2 heteroatoms. The van der Waals surface area contributed by atoms with Gasteiger partial charge in [-0.1, -0.05) is 103 Å². The standard InChI is InChI=1S/C38H24N2/c39-25-26-19-21-35-32(23-26)30-15-7-9-17-34(30)38(35,27-11-3-1-4-12-27)28-20-22-37-33(24-28)31-16-8-10-18-36(31)40(37)29-13-5-2-6-14-29/h1-24H. The van der Waals surface area contributed by atoms with Crippen molar-refractivity contribution >= 4 is 21.8 Å². The average Bonchev–Trinajstić information content (AvgIpc) is 3.52. The topological polar surface area (TPSA) is 28.7 Å². The second-order valence-corrected chi connectivity index (χ2v) is 10.5. The molecule has 6 aromatic carbocycles. The Balaban J connectivity index is 1.51. The molecule has 7 aromatic rings. The lowest BCUT2D eigenvalue weighted by atomic mass is 9.67. The van der Waals surface area contributed by atoms with Gasteiger partial charge < -0.3 is 4.57 Å². The highest BCUT2D eigenvalue weighted by Gasteiger charge is 2.46. The van der Waals surface area contributed by atoms with E-state index in [-0.39, 0.29) is 0 Å². The van der Waals surface area contributed by atoms with Crippen LogP contribution in [0.4, 0.5) is 0 Å². The van der Waals surface area contributed by atoms with E-state index < -0.39 is 5.41 Å². The number of hydrogen-bond donors (Lipinski definition) is 0. The van der Waals surface area contributed by atoms with E-state index in [0.29, 0.717) is 5.56 Å². The van der Waals surface area contributed by atoms with Crippen LogP contribution in [-0.4, -0.2) is 4.57 Å². The minimum atomic E-state index is -0.509. The van der Waals surface area contributed by atoms with Gasteiger partial charge in [0.25, 0.3) is 0 Å². The maximum atomic E-state index is 9.74. The second-order valence-electron chi connectivity index (χ2n) is 10.5. The zero-order valence-corrected chi connectivity index (χ0v) is 21.8. The fourth-order valence-corrected chi connectivity index (χ4v) is 6.89. The van der Waals surface area contributed by atoms with E-state index in [2.05, 4.69) is 150 Å². The molecule has 40 heavy (non-hydrogen) atoms. The predicted octanol–water partition coefficient (Wildman–Crippen LogP) is 9.02. The van der Waals surface area contributed by atoms with Gasteiger partial charge in [0.2, 0.25) is 0 Å². The zero-order valence-electron chi connectivity index (χ0n) is 21.8. The van der Waals surface area contributed by atoms with Crippen molar-refractivity contribution < 1.29 is 0 Å². The molecule has 186 valence electrons. The van der Waals surface area contributed by atoms with Crippen molar-refractivity contribution in [3.8, 4) is 22.9 Å². The number of hydrogen-bond acceptors (Lipinski definition) is 1. The monoisotopic (exact) mass is 508 g/mol. The molecule has 1 aromatic heterocycles. The molecule has 1 atom stereocenters. The van der Waals surface area contributed by atoms with E-state index in [1.54, 1.807) is 0 Å². The van der Waals surface area contributed by atoms with Crippen molar-refractivity contribution in [2.75, 3.05) is 0 Å². The van der Waals surface area contributed by atoms with Gasteiger partial charge in [-0.2, -0.15) is 5.26 Å². The summed E-state index contributed by atoms with van der Waals surface area (Å²) in [6.45, 7) is 0. The first-order valence-corrected chi connectivity index (χ1v) is 13.6. The molecule has 0 saturated carbocycles. The molecule has 2 nitrogen and oxygen atoms in total. The number of aromatic nitrogens is 1. The third-order valence-electron chi connectivity index (χ3n) is 8.50. The van der Waals surface area contributed by atoms with Crippen molar-refractivity contribution in [2.45, 2.75) is 5.41 Å². The number of para-hydroxylation sites is 2. The van der Waals surface area contributed by atoms with Gasteiger partial charge in [-0.15, -0.1) is 0 Å². The summed E-state index contributed by atoms with van der Waals surface area (Å²) < 4.78 is 2.36. The fourth-order valence-electron chi connectivity index (χ4n) is 6.89. The molecule has 1 aliphatic rings. The summed E-state index contributed by atoms with van der Waals surface area (Å²) in [7, 11) is 0. The van der Waals surface area contributed by atoms with Crippen LogP contribution < -0.4 is 0 Å². The Morgan fingerprint density at radius 2 is 1.18 bits per heavy atom. The van der Waals surface area contributed by atoms with Crippen LogP contribution in [0.3, 0.4) is 0 Å². The minimum absolute atomic E-state index is 0.509. The molecule has 0 bridgehead atoms. The molecule has 0 amide bonds. The quantitative estimate of drug-likeness (QED) is 0.234. The molecule has 0 N–H and O–H groups in total. The van der Waals surface area contributed by atoms with Crippen LogP contribution in [0, 0.1) is 11.3 Å². The first kappa shape index (κ1) is 22.6. The molecular formula is C38H24N2. The summed E-state index contributed by atoms with van der Waals surface area (Å²) in [5.74, 6) is 0. The van der Waals surface area contributed by atoms with E-state index in [1.807, 2.05) is 6.07 Å². The highest BCUT2D eigenvalue weighted by atomic mass is 15.0. The van der Waals surface area contributed by atoms with Crippen LogP contribution in [0.5, 0.6) is 0 Å². The molecule has 1 unspecified atom stereocenters. The molecule has 0 aliphatic heterocycles. The Morgan fingerprint density at radius 3 is 2.00 bits per heavy atom. The molecule has 1 heterocycles. The largest absolute Gasteiger partial charge is 0.309 e. The zero-order chi connectivity index (χ0) is 26.7. The van der Waals surface area contributed by atoms with E-state index >= 15 is 0 Å². The molecule has 0 radical (unpaired) electrons. The smallest absolute Gasteiger partial charge is 0.0991 e. The van der Waals surface area contributed by atoms with Gasteiger partial charge in [0.1, 0.15) is 0 Å². The minimum Gasteiger partial charge on any atom is -0.309 e. The van der Waals surface area contributed by atoms with Crippen molar-refractivity contribution in [2.24, 2.45) is 0 Å². The van der Waals surface area contributed by atoms with E-state index in [0.717, 1.165) is 11.3 Å². The van der Waals surface area contributed by atoms with Crippen LogP contribution in [0.2, 0.25) is 0 Å². The average molecular weight is 509 g/mol. The van der Waals surface area contributed by atoms with Gasteiger partial charge in [0.05, 0.1) is 28.1 Å². The van der Waals surface area contributed by atoms with E-state index in [4.69, 9.17) is 0 Å². The second kappa shape index (κ2) is 8.56. The molecular weight excluding hydrogens is 484 g/mol. The Kier molecular flexibility index (Phi) is 4.83. The Morgan fingerprint density at radius 1 is 0.500 bits per heavy atom. The van der Waals surface area contributed by atoms with Gasteiger partial charge in [-0.25, -0.2) is 0 Å². The highest BCUT2D eigenvalue weighted by Crippen LogP contribution is 2.56. The van der Waals surface area contributed by atoms with Gasteiger partial charge in [-0.05, 0) is 75.8 Å².